The van der Waals surface area contributed by atoms with Gasteiger partial charge in [-0.2, -0.15) is 0 Å². The lowest BCUT2D eigenvalue weighted by Gasteiger charge is -2.06. The second kappa shape index (κ2) is 13.5. The van der Waals surface area contributed by atoms with Crippen molar-refractivity contribution in [3.63, 3.8) is 0 Å². The molecule has 6 nitrogen and oxygen atoms in total. The lowest BCUT2D eigenvalue weighted by atomic mass is 10.1. The quantitative estimate of drug-likeness (QED) is 0.159. The number of aromatic nitrogens is 2. The molecule has 0 atom stereocenters. The average Bonchev–Trinajstić information content (AvgIpc) is 3.16. The van der Waals surface area contributed by atoms with Crippen molar-refractivity contribution in [2.45, 2.75) is 32.2 Å². The van der Waals surface area contributed by atoms with Crippen LogP contribution >= 0.6 is 23.2 Å². The Bertz CT molecular complexity index is 1420. The number of hydrogen-bond donors (Lipinski definition) is 2. The smallest absolute Gasteiger partial charge is 0.282 e. The third kappa shape index (κ3) is 7.16. The van der Waals surface area contributed by atoms with Crippen LogP contribution in [0.1, 0.15) is 37.1 Å². The highest BCUT2D eigenvalue weighted by molar-refractivity contribution is 6.42. The second-order valence-electron chi connectivity index (χ2n) is 9.09. The molecule has 198 valence electrons. The number of para-hydroxylation sites is 1. The number of imidazole rings is 1. The summed E-state index contributed by atoms with van der Waals surface area (Å²) >= 11 is 12.8. The van der Waals surface area contributed by atoms with Crippen molar-refractivity contribution in [2.24, 2.45) is 12.8 Å². The van der Waals surface area contributed by atoms with Gasteiger partial charge in [-0.25, -0.2) is 9.13 Å². The Kier molecular flexibility index (Phi) is 9.82. The highest BCUT2D eigenvalue weighted by Gasteiger charge is 2.22. The number of amides is 1. The third-order valence-corrected chi connectivity index (χ3v) is 7.03. The number of carbonyl (C=O) groups is 1. The van der Waals surface area contributed by atoms with E-state index in [2.05, 4.69) is 26.6 Å². The first-order valence-electron chi connectivity index (χ1n) is 12.8. The Labute approximate surface area is 233 Å². The summed E-state index contributed by atoms with van der Waals surface area (Å²) < 4.78 is 10.4. The lowest BCUT2D eigenvalue weighted by molar-refractivity contribution is -0.647. The maximum atomic E-state index is 11.9. The van der Waals surface area contributed by atoms with E-state index >= 15 is 0 Å². The number of benzene rings is 3. The van der Waals surface area contributed by atoms with Crippen LogP contribution in [0.15, 0.2) is 66.7 Å². The summed E-state index contributed by atoms with van der Waals surface area (Å²) in [6, 6.07) is 21.6. The lowest BCUT2D eigenvalue weighted by Crippen LogP contribution is -2.31. The van der Waals surface area contributed by atoms with E-state index in [1.54, 1.807) is 0 Å². The number of nitrogens with one attached hydrogen (secondary N) is 1. The summed E-state index contributed by atoms with van der Waals surface area (Å²) in [5, 5.41) is 3.87. The van der Waals surface area contributed by atoms with Crippen molar-refractivity contribution in [1.82, 2.24) is 9.88 Å². The molecule has 0 aliphatic rings. The van der Waals surface area contributed by atoms with Gasteiger partial charge in [0.05, 0.1) is 23.6 Å². The predicted molar refractivity (Wildman–Crippen MR) is 156 cm³/mol. The van der Waals surface area contributed by atoms with Gasteiger partial charge in [0.15, 0.2) is 11.0 Å². The number of fused-ring (bicyclic) bond motifs is 1. The van der Waals surface area contributed by atoms with Gasteiger partial charge in [-0.1, -0.05) is 53.5 Å². The molecule has 38 heavy (non-hydrogen) atoms. The summed E-state index contributed by atoms with van der Waals surface area (Å²) in [4.78, 5) is 11.9. The normalized spacial score (nSPS) is 11.4. The van der Waals surface area contributed by atoms with Gasteiger partial charge in [0.1, 0.15) is 11.5 Å². The number of halogens is 2. The molecule has 0 saturated carbocycles. The molecular weight excluding hydrogens is 519 g/mol. The van der Waals surface area contributed by atoms with Crippen LogP contribution in [0.4, 0.5) is 0 Å². The van der Waals surface area contributed by atoms with Gasteiger partial charge in [-0.05, 0) is 55.2 Å². The Morgan fingerprint density at radius 2 is 1.74 bits per heavy atom. The third-order valence-electron chi connectivity index (χ3n) is 6.30. The van der Waals surface area contributed by atoms with Gasteiger partial charge in [-0.15, -0.1) is 0 Å². The Morgan fingerprint density at radius 1 is 0.974 bits per heavy atom. The first-order valence-corrected chi connectivity index (χ1v) is 13.6. The molecular formula is C30H33Cl2N4O2+. The molecule has 0 saturated heterocycles. The van der Waals surface area contributed by atoms with Gasteiger partial charge in [0, 0.05) is 37.7 Å². The minimum absolute atomic E-state index is 0.0526. The minimum Gasteiger partial charge on any atom is -0.457 e. The molecule has 0 spiro atoms. The van der Waals surface area contributed by atoms with Crippen molar-refractivity contribution in [3.8, 4) is 11.5 Å². The number of hydrogen-bond acceptors (Lipinski definition) is 3. The molecule has 0 aliphatic heterocycles. The minimum atomic E-state index is 0.0526. The van der Waals surface area contributed by atoms with Crippen LogP contribution in [0.25, 0.3) is 23.2 Å². The highest BCUT2D eigenvalue weighted by Crippen LogP contribution is 2.29. The number of rotatable bonds is 12. The van der Waals surface area contributed by atoms with Crippen molar-refractivity contribution in [2.75, 3.05) is 13.1 Å². The van der Waals surface area contributed by atoms with Crippen molar-refractivity contribution >= 4 is 52.3 Å². The van der Waals surface area contributed by atoms with E-state index in [9.17, 15) is 4.79 Å². The summed E-state index contributed by atoms with van der Waals surface area (Å²) in [5.41, 5.74) is 8.49. The highest BCUT2D eigenvalue weighted by atomic mass is 35.5. The fourth-order valence-corrected chi connectivity index (χ4v) is 4.70. The van der Waals surface area contributed by atoms with Crippen molar-refractivity contribution in [1.29, 1.82) is 0 Å². The molecule has 8 heteroatoms. The van der Waals surface area contributed by atoms with Crippen LogP contribution in [-0.4, -0.2) is 23.6 Å². The number of aryl methyl sites for hydroxylation is 2. The number of carbonyl (C=O) groups excluding carboxylic acids is 1. The summed E-state index contributed by atoms with van der Waals surface area (Å²) in [5.74, 6) is 2.65. The van der Waals surface area contributed by atoms with Crippen LogP contribution in [0, 0.1) is 0 Å². The predicted octanol–water partition coefficient (Wildman–Crippen LogP) is 6.37. The Hall–Kier alpha value is -3.32. The van der Waals surface area contributed by atoms with Crippen molar-refractivity contribution in [3.05, 3.63) is 88.2 Å². The molecule has 0 radical (unpaired) electrons. The molecule has 1 aromatic heterocycles. The fourth-order valence-electron chi connectivity index (χ4n) is 4.38. The topological polar surface area (TPSA) is 73.2 Å². The number of nitrogens with two attached hydrogens (primary N) is 1. The molecule has 4 aromatic rings. The standard InChI is InChI=1S/C30H32Cl2N4O2/c1-35-27-20-25(31)26(32)21-28(27)36(18-7-3-6-13-29(37)34-17-16-33)30(35)15-14-22-9-8-12-24(19-22)38-23-10-4-2-5-11-23/h2,4-5,8-12,14-15,19-21H,3,6-7,13,16-18,33H2,1H3/p+1/b15-14+. The van der Waals surface area contributed by atoms with E-state index in [-0.39, 0.29) is 5.91 Å². The van der Waals surface area contributed by atoms with E-state index in [0.717, 1.165) is 59.7 Å². The van der Waals surface area contributed by atoms with E-state index in [1.807, 2.05) is 73.8 Å². The van der Waals surface area contributed by atoms with Crippen LogP contribution in [-0.2, 0) is 18.4 Å². The first-order chi connectivity index (χ1) is 18.5. The molecule has 1 heterocycles. The van der Waals surface area contributed by atoms with Gasteiger partial charge in [-0.3, -0.25) is 4.79 Å². The molecule has 0 fully saturated rings. The fraction of sp³-hybridized carbons (Fsp3) is 0.267. The van der Waals surface area contributed by atoms with E-state index < -0.39 is 0 Å². The SMILES string of the molecule is C[n+]1c(/C=C/c2cccc(Oc3ccccc3)c2)n(CCCCCC(=O)NCCN)c2cc(Cl)c(Cl)cc21. The molecule has 0 unspecified atom stereocenters. The van der Waals surface area contributed by atoms with Gasteiger partial charge in [0.25, 0.3) is 5.82 Å². The summed E-state index contributed by atoms with van der Waals surface area (Å²) in [6.07, 6.45) is 7.37. The maximum Gasteiger partial charge on any atom is 0.282 e. The van der Waals surface area contributed by atoms with Crippen LogP contribution in [0.5, 0.6) is 11.5 Å². The summed E-state index contributed by atoms with van der Waals surface area (Å²) in [6.45, 7) is 1.76. The number of unbranched alkanes of at least 4 members (excludes halogenated alkanes) is 2. The zero-order valence-corrected chi connectivity index (χ0v) is 23.0. The van der Waals surface area contributed by atoms with E-state index in [4.69, 9.17) is 33.7 Å². The van der Waals surface area contributed by atoms with Crippen LogP contribution < -0.4 is 20.4 Å². The second-order valence-corrected chi connectivity index (χ2v) is 9.91. The monoisotopic (exact) mass is 551 g/mol. The Morgan fingerprint density at radius 3 is 2.53 bits per heavy atom. The van der Waals surface area contributed by atoms with Gasteiger partial charge in [0.2, 0.25) is 5.91 Å². The maximum absolute atomic E-state index is 11.9. The number of nitrogens with zero attached hydrogens (tertiary/aromatic N) is 2. The molecule has 3 aromatic carbocycles. The zero-order valence-electron chi connectivity index (χ0n) is 21.5. The molecule has 3 N–H and O–H groups in total. The Balaban J connectivity index is 1.53. The summed E-state index contributed by atoms with van der Waals surface area (Å²) in [7, 11) is 2.03. The largest absolute Gasteiger partial charge is 0.457 e. The van der Waals surface area contributed by atoms with E-state index in [0.29, 0.717) is 29.6 Å². The van der Waals surface area contributed by atoms with Gasteiger partial charge >= 0.3 is 0 Å². The molecule has 0 bridgehead atoms. The first kappa shape index (κ1) is 27.7. The molecule has 1 amide bonds. The van der Waals surface area contributed by atoms with Crippen molar-refractivity contribution < 1.29 is 14.1 Å². The zero-order chi connectivity index (χ0) is 26.9. The number of ether oxygens (including phenoxy) is 1. The molecule has 0 aliphatic carbocycles. The van der Waals surface area contributed by atoms with Gasteiger partial charge < -0.3 is 15.8 Å². The average molecular weight is 553 g/mol. The van der Waals surface area contributed by atoms with Crippen LogP contribution in [0.2, 0.25) is 10.0 Å². The molecule has 4 rings (SSSR count). The van der Waals surface area contributed by atoms with Crippen LogP contribution in [0.3, 0.4) is 0 Å². The van der Waals surface area contributed by atoms with E-state index in [1.165, 1.54) is 0 Å².